The fraction of sp³-hybridized carbons (Fsp3) is 0.240. The minimum absolute atomic E-state index is 0.0686. The largest absolute Gasteiger partial charge is 0.454 e. The molecule has 172 valence electrons. The van der Waals surface area contributed by atoms with Gasteiger partial charge in [0, 0.05) is 39.4 Å². The van der Waals surface area contributed by atoms with Crippen LogP contribution in [0.5, 0.6) is 11.5 Å². The van der Waals surface area contributed by atoms with E-state index in [1.807, 2.05) is 43.3 Å². The third-order valence-corrected chi connectivity index (χ3v) is 7.75. The molecule has 2 N–H and O–H groups in total. The van der Waals surface area contributed by atoms with Gasteiger partial charge in [-0.2, -0.15) is 0 Å². The van der Waals surface area contributed by atoms with Crippen LogP contribution in [0.4, 0.5) is 5.13 Å². The van der Waals surface area contributed by atoms with Crippen LogP contribution in [-0.4, -0.2) is 23.5 Å². The van der Waals surface area contributed by atoms with Crippen LogP contribution in [0.1, 0.15) is 37.7 Å². The van der Waals surface area contributed by atoms with Gasteiger partial charge in [0.05, 0.1) is 10.2 Å². The highest BCUT2D eigenvalue weighted by molar-refractivity contribution is 9.10. The number of carbonyl (C=O) groups excluding carboxylic acids is 2. The third-order valence-electron chi connectivity index (χ3n) is 6.32. The molecule has 1 amide bonds. The molecule has 7 nitrogen and oxygen atoms in total. The Balaban J connectivity index is 1.42. The normalized spacial score (nSPS) is 19.4. The van der Waals surface area contributed by atoms with Crippen LogP contribution in [0.25, 0.3) is 10.2 Å². The minimum atomic E-state index is -0.498. The van der Waals surface area contributed by atoms with Gasteiger partial charge in [-0.3, -0.25) is 14.9 Å². The number of nitrogens with zero attached hydrogens (tertiary/aromatic N) is 1. The molecule has 2 aromatic carbocycles. The molecule has 1 aromatic heterocycles. The van der Waals surface area contributed by atoms with Crippen molar-refractivity contribution in [1.82, 2.24) is 10.3 Å². The maximum Gasteiger partial charge on any atom is 0.256 e. The van der Waals surface area contributed by atoms with Crippen LogP contribution in [0.15, 0.2) is 63.4 Å². The van der Waals surface area contributed by atoms with Gasteiger partial charge in [-0.15, -0.1) is 0 Å². The van der Waals surface area contributed by atoms with E-state index in [4.69, 9.17) is 9.47 Å². The minimum Gasteiger partial charge on any atom is -0.454 e. The Bertz CT molecular complexity index is 1440. The van der Waals surface area contributed by atoms with E-state index >= 15 is 0 Å². The van der Waals surface area contributed by atoms with Crippen LogP contribution >= 0.6 is 27.3 Å². The number of thiazole rings is 1. The van der Waals surface area contributed by atoms with Crippen LogP contribution in [-0.2, 0) is 9.59 Å². The van der Waals surface area contributed by atoms with Crippen LogP contribution < -0.4 is 20.1 Å². The van der Waals surface area contributed by atoms with E-state index in [1.165, 1.54) is 11.3 Å². The molecule has 3 aliphatic rings. The van der Waals surface area contributed by atoms with Gasteiger partial charge in [-0.05, 0) is 55.7 Å². The Labute approximate surface area is 208 Å². The molecule has 1 atom stereocenters. The molecule has 34 heavy (non-hydrogen) atoms. The van der Waals surface area contributed by atoms with Crippen molar-refractivity contribution in [2.75, 3.05) is 12.1 Å². The summed E-state index contributed by atoms with van der Waals surface area (Å²) in [7, 11) is 0. The van der Waals surface area contributed by atoms with Crippen LogP contribution in [0.2, 0.25) is 0 Å². The third kappa shape index (κ3) is 3.59. The molecule has 9 heteroatoms. The summed E-state index contributed by atoms with van der Waals surface area (Å²) in [5.74, 6) is 0.571. The lowest BCUT2D eigenvalue weighted by atomic mass is 9.75. The van der Waals surface area contributed by atoms with Gasteiger partial charge in [-0.25, -0.2) is 4.98 Å². The molecule has 0 bridgehead atoms. The van der Waals surface area contributed by atoms with E-state index in [-0.39, 0.29) is 18.5 Å². The van der Waals surface area contributed by atoms with Crippen molar-refractivity contribution >= 4 is 54.3 Å². The van der Waals surface area contributed by atoms with E-state index in [0.29, 0.717) is 34.2 Å². The number of aromatic nitrogens is 1. The summed E-state index contributed by atoms with van der Waals surface area (Å²) >= 11 is 4.89. The number of dihydropyridines is 1. The molecular formula is C25H20BrN3O4S. The van der Waals surface area contributed by atoms with Gasteiger partial charge in [0.1, 0.15) is 0 Å². The van der Waals surface area contributed by atoms with Crippen LogP contribution in [0, 0.1) is 0 Å². The fourth-order valence-electron chi connectivity index (χ4n) is 4.83. The average Bonchev–Trinajstić information content (AvgIpc) is 3.43. The van der Waals surface area contributed by atoms with E-state index in [2.05, 4.69) is 31.5 Å². The molecule has 6 rings (SSSR count). The van der Waals surface area contributed by atoms with E-state index in [9.17, 15) is 9.59 Å². The Morgan fingerprint density at radius 3 is 2.91 bits per heavy atom. The number of anilines is 1. The number of allylic oxidation sites excluding steroid dienone is 3. The van der Waals surface area contributed by atoms with E-state index < -0.39 is 5.92 Å². The molecule has 0 fully saturated rings. The summed E-state index contributed by atoms with van der Waals surface area (Å²) in [4.78, 5) is 31.3. The zero-order valence-electron chi connectivity index (χ0n) is 18.2. The van der Waals surface area contributed by atoms with Crippen molar-refractivity contribution < 1.29 is 19.1 Å². The molecule has 2 aliphatic heterocycles. The lowest BCUT2D eigenvalue weighted by Gasteiger charge is -2.34. The van der Waals surface area contributed by atoms with E-state index in [1.54, 1.807) is 0 Å². The summed E-state index contributed by atoms with van der Waals surface area (Å²) in [6.07, 6.45) is 2.05. The lowest BCUT2D eigenvalue weighted by molar-refractivity contribution is -0.116. The first-order valence-electron chi connectivity index (χ1n) is 11.0. The number of fused-ring (bicyclic) bond motifs is 2. The number of Topliss-reactive ketones (excluding diaryl/α,β-unsaturated/α-hetero) is 1. The lowest BCUT2D eigenvalue weighted by Crippen LogP contribution is -2.35. The molecule has 0 spiro atoms. The van der Waals surface area contributed by atoms with Crippen molar-refractivity contribution in [3.05, 3.63) is 69.0 Å². The molecule has 3 aromatic rings. The van der Waals surface area contributed by atoms with E-state index in [0.717, 1.165) is 44.5 Å². The Morgan fingerprint density at radius 2 is 2.03 bits per heavy atom. The monoisotopic (exact) mass is 537 g/mol. The van der Waals surface area contributed by atoms with Crippen molar-refractivity contribution in [3.63, 3.8) is 0 Å². The zero-order valence-corrected chi connectivity index (χ0v) is 20.6. The molecule has 0 saturated heterocycles. The van der Waals surface area contributed by atoms with Gasteiger partial charge in [-0.1, -0.05) is 33.3 Å². The Kier molecular flexibility index (Phi) is 5.18. The molecule has 1 unspecified atom stereocenters. The number of hydrogen-bond acceptors (Lipinski definition) is 7. The van der Waals surface area contributed by atoms with Gasteiger partial charge < -0.3 is 14.8 Å². The zero-order chi connectivity index (χ0) is 23.4. The average molecular weight is 538 g/mol. The number of nitrogens with one attached hydrogen (secondary N) is 2. The second-order valence-corrected chi connectivity index (χ2v) is 10.4. The number of amides is 1. The summed E-state index contributed by atoms with van der Waals surface area (Å²) in [5.41, 5.74) is 4.44. The number of halogens is 1. The number of ketones is 1. The highest BCUT2D eigenvalue weighted by atomic mass is 79.9. The summed E-state index contributed by atoms with van der Waals surface area (Å²) < 4.78 is 13.0. The van der Waals surface area contributed by atoms with Gasteiger partial charge in [0.15, 0.2) is 22.4 Å². The standard InChI is InChI=1S/C25H20BrN3O4S/c1-12-21(24(31)29-25-28-15-7-6-14(26)10-20(15)34-25)22(23-16(27-12)3-2-4-17(23)30)13-5-8-18-19(9-13)33-11-32-18/h5-10,22,27H,2-4,11H2,1H3,(H,28,29,31). The second-order valence-electron chi connectivity index (χ2n) is 8.46. The molecule has 0 radical (unpaired) electrons. The van der Waals surface area contributed by atoms with Gasteiger partial charge >= 0.3 is 0 Å². The number of carbonyl (C=O) groups is 2. The number of ether oxygens (including phenoxy) is 2. The highest BCUT2D eigenvalue weighted by Crippen LogP contribution is 2.45. The Morgan fingerprint density at radius 1 is 1.18 bits per heavy atom. The van der Waals surface area contributed by atoms with Gasteiger partial charge in [0.25, 0.3) is 5.91 Å². The molecular weight excluding hydrogens is 518 g/mol. The topological polar surface area (TPSA) is 89.6 Å². The fourth-order valence-corrected chi connectivity index (χ4v) is 6.24. The maximum absolute atomic E-state index is 13.7. The Hall–Kier alpha value is -3.17. The predicted octanol–water partition coefficient (Wildman–Crippen LogP) is 5.39. The first-order chi connectivity index (χ1) is 16.5. The van der Waals surface area contributed by atoms with Crippen molar-refractivity contribution in [2.45, 2.75) is 32.1 Å². The SMILES string of the molecule is CC1=C(C(=O)Nc2nc3ccc(Br)cc3s2)C(c2ccc3c(c2)OCO3)C2=C(CCCC2=O)N1. The smallest absolute Gasteiger partial charge is 0.256 e. The quantitative estimate of drug-likeness (QED) is 0.465. The van der Waals surface area contributed by atoms with Gasteiger partial charge in [0.2, 0.25) is 6.79 Å². The number of hydrogen-bond donors (Lipinski definition) is 2. The number of benzene rings is 2. The van der Waals surface area contributed by atoms with Crippen LogP contribution in [0.3, 0.4) is 0 Å². The highest BCUT2D eigenvalue weighted by Gasteiger charge is 2.39. The van der Waals surface area contributed by atoms with Crippen molar-refractivity contribution in [2.24, 2.45) is 0 Å². The first kappa shape index (κ1) is 21.4. The van der Waals surface area contributed by atoms with Crippen molar-refractivity contribution in [3.8, 4) is 11.5 Å². The second kappa shape index (κ2) is 8.25. The number of rotatable bonds is 3. The first-order valence-corrected chi connectivity index (χ1v) is 12.6. The summed E-state index contributed by atoms with van der Waals surface area (Å²) in [6, 6.07) is 11.4. The van der Waals surface area contributed by atoms with Crippen molar-refractivity contribution in [1.29, 1.82) is 0 Å². The summed E-state index contributed by atoms with van der Waals surface area (Å²) in [6.45, 7) is 2.04. The molecule has 3 heterocycles. The predicted molar refractivity (Wildman–Crippen MR) is 133 cm³/mol. The summed E-state index contributed by atoms with van der Waals surface area (Å²) in [5, 5.41) is 6.84. The molecule has 0 saturated carbocycles. The maximum atomic E-state index is 13.7. The molecule has 1 aliphatic carbocycles.